The molecule has 8 nitrogen and oxygen atoms in total. The van der Waals surface area contributed by atoms with Crippen LogP contribution in [0, 0.1) is 5.92 Å². The molecule has 0 aromatic carbocycles. The van der Waals surface area contributed by atoms with Crippen LogP contribution in [0.25, 0.3) is 0 Å². The van der Waals surface area contributed by atoms with E-state index in [1.54, 1.807) is 17.8 Å². The summed E-state index contributed by atoms with van der Waals surface area (Å²) in [6, 6.07) is -0.795. The molecule has 32 heavy (non-hydrogen) atoms. The number of hydrogen-bond acceptors (Lipinski definition) is 5. The quantitative estimate of drug-likeness (QED) is 0.224. The van der Waals surface area contributed by atoms with Gasteiger partial charge in [-0.1, -0.05) is 37.6 Å². The van der Waals surface area contributed by atoms with Gasteiger partial charge in [0.15, 0.2) is 6.54 Å². The number of hydrogen-bond donors (Lipinski definition) is 3. The second-order valence-corrected chi connectivity index (χ2v) is 8.72. The van der Waals surface area contributed by atoms with E-state index in [2.05, 4.69) is 23.1 Å². The van der Waals surface area contributed by atoms with Gasteiger partial charge < -0.3 is 20.3 Å². The van der Waals surface area contributed by atoms with E-state index in [4.69, 9.17) is 0 Å². The summed E-state index contributed by atoms with van der Waals surface area (Å²) in [6.45, 7) is 10.8. The SMILES string of the molecule is C=[N+](CC=NCC)CC(=O)NC(CC1=CC=CCCC1)C(=O)N(C)C(CC(C)C)B(O)O. The van der Waals surface area contributed by atoms with Gasteiger partial charge in [-0.3, -0.25) is 14.6 Å². The zero-order valence-electron chi connectivity index (χ0n) is 20.0. The fraction of sp³-hybridized carbons (Fsp3) is 0.652. The summed E-state index contributed by atoms with van der Waals surface area (Å²) in [7, 11) is -0.0968. The van der Waals surface area contributed by atoms with Crippen molar-refractivity contribution in [3.63, 3.8) is 0 Å². The zero-order chi connectivity index (χ0) is 24.1. The Hall–Kier alpha value is -2.26. The van der Waals surface area contributed by atoms with Gasteiger partial charge in [0.05, 0.1) is 12.2 Å². The first kappa shape index (κ1) is 27.8. The number of nitrogens with zero attached hydrogens (tertiary/aromatic N) is 3. The highest BCUT2D eigenvalue weighted by Crippen LogP contribution is 2.20. The predicted molar refractivity (Wildman–Crippen MR) is 130 cm³/mol. The summed E-state index contributed by atoms with van der Waals surface area (Å²) < 4.78 is 1.58. The summed E-state index contributed by atoms with van der Waals surface area (Å²) in [5, 5.41) is 22.6. The van der Waals surface area contributed by atoms with E-state index in [-0.39, 0.29) is 24.3 Å². The van der Waals surface area contributed by atoms with Gasteiger partial charge in [0, 0.05) is 13.6 Å². The molecule has 0 aromatic heterocycles. The molecule has 0 saturated carbocycles. The largest absolute Gasteiger partial charge is 0.475 e. The van der Waals surface area contributed by atoms with Crippen LogP contribution in [0.1, 0.15) is 52.9 Å². The van der Waals surface area contributed by atoms with E-state index in [0.29, 0.717) is 25.9 Å². The normalized spacial score (nSPS) is 15.8. The second-order valence-electron chi connectivity index (χ2n) is 8.72. The zero-order valence-corrected chi connectivity index (χ0v) is 20.0. The molecule has 0 spiro atoms. The average molecular weight is 447 g/mol. The van der Waals surface area contributed by atoms with Crippen molar-refractivity contribution in [3.05, 3.63) is 23.8 Å². The van der Waals surface area contributed by atoms with Gasteiger partial charge >= 0.3 is 7.12 Å². The van der Waals surface area contributed by atoms with E-state index in [9.17, 15) is 19.6 Å². The van der Waals surface area contributed by atoms with Gasteiger partial charge in [0.1, 0.15) is 12.8 Å². The van der Waals surface area contributed by atoms with Crippen LogP contribution in [0.2, 0.25) is 0 Å². The van der Waals surface area contributed by atoms with Gasteiger partial charge in [-0.25, -0.2) is 4.58 Å². The summed E-state index contributed by atoms with van der Waals surface area (Å²) in [6.07, 6.45) is 11.4. The number of likely N-dealkylation sites (N-methyl/N-ethyl adjacent to an activating group) is 1. The predicted octanol–water partition coefficient (Wildman–Crippen LogP) is 1.22. The standard InChI is InChI=1S/C23H39BN4O4/c1-6-25-13-14-27(4)17-22(29)26-20(16-19-11-9-7-8-10-12-19)23(30)28(5)21(24(31)32)15-18(2)3/h7,9,11,13,18,20-21,31-32H,4,6,8,10,12,14-17H2,1-3,5H3/p+1. The van der Waals surface area contributed by atoms with Crippen molar-refractivity contribution in [1.82, 2.24) is 10.2 Å². The molecule has 0 aliphatic heterocycles. The number of carbonyl (C=O) groups excluding carboxylic acids is 2. The summed E-state index contributed by atoms with van der Waals surface area (Å²) in [4.78, 5) is 31.5. The molecule has 0 fully saturated rings. The van der Waals surface area contributed by atoms with E-state index >= 15 is 0 Å². The van der Waals surface area contributed by atoms with Crippen LogP contribution in [0.3, 0.4) is 0 Å². The monoisotopic (exact) mass is 447 g/mol. The molecule has 0 saturated heterocycles. The third kappa shape index (κ3) is 10.4. The number of aliphatic imine (C=N–C) groups is 1. The van der Waals surface area contributed by atoms with Crippen LogP contribution in [0.5, 0.6) is 0 Å². The minimum absolute atomic E-state index is 0.0280. The van der Waals surface area contributed by atoms with E-state index in [0.717, 1.165) is 24.8 Å². The molecular formula is C23H40BN4O4+. The highest BCUT2D eigenvalue weighted by Gasteiger charge is 2.35. The summed E-state index contributed by atoms with van der Waals surface area (Å²) in [5.74, 6) is -1.23. The third-order valence-electron chi connectivity index (χ3n) is 5.36. The molecule has 2 atom stereocenters. The fourth-order valence-electron chi connectivity index (χ4n) is 3.65. The minimum Gasteiger partial charge on any atom is -0.426 e. The molecule has 0 heterocycles. The van der Waals surface area contributed by atoms with E-state index < -0.39 is 19.1 Å². The van der Waals surface area contributed by atoms with Crippen molar-refractivity contribution < 1.29 is 24.2 Å². The lowest BCUT2D eigenvalue weighted by atomic mass is 9.74. The van der Waals surface area contributed by atoms with Crippen LogP contribution in [0.4, 0.5) is 0 Å². The number of rotatable bonds is 13. The molecule has 0 bridgehead atoms. The average Bonchev–Trinajstić information content (AvgIpc) is 2.99. The van der Waals surface area contributed by atoms with Crippen LogP contribution in [-0.2, 0) is 9.59 Å². The molecule has 178 valence electrons. The molecule has 1 rings (SSSR count). The van der Waals surface area contributed by atoms with E-state index in [1.807, 2.05) is 32.9 Å². The van der Waals surface area contributed by atoms with Crippen molar-refractivity contribution in [2.75, 3.05) is 26.7 Å². The smallest absolute Gasteiger partial charge is 0.426 e. The van der Waals surface area contributed by atoms with Crippen LogP contribution in [0.15, 0.2) is 28.8 Å². The Morgan fingerprint density at radius 1 is 1.41 bits per heavy atom. The van der Waals surface area contributed by atoms with Crippen molar-refractivity contribution in [2.45, 2.75) is 64.9 Å². The second kappa shape index (κ2) is 14.7. The summed E-state index contributed by atoms with van der Waals surface area (Å²) >= 11 is 0. The van der Waals surface area contributed by atoms with Crippen LogP contribution in [-0.4, -0.2) is 90.1 Å². The molecule has 1 aliphatic carbocycles. The van der Waals surface area contributed by atoms with Crippen molar-refractivity contribution in [1.29, 1.82) is 0 Å². The van der Waals surface area contributed by atoms with Crippen molar-refractivity contribution >= 4 is 31.9 Å². The number of amides is 2. The fourth-order valence-corrected chi connectivity index (χ4v) is 3.65. The maximum Gasteiger partial charge on any atom is 0.475 e. The Labute approximate surface area is 192 Å². The van der Waals surface area contributed by atoms with Gasteiger partial charge in [-0.05, 0) is 44.9 Å². The molecular weight excluding hydrogens is 407 g/mol. The topological polar surface area (TPSA) is 105 Å². The first-order valence-corrected chi connectivity index (χ1v) is 11.5. The van der Waals surface area contributed by atoms with Gasteiger partial charge in [-0.15, -0.1) is 0 Å². The van der Waals surface area contributed by atoms with Crippen molar-refractivity contribution in [3.8, 4) is 0 Å². The Bertz CT molecular complexity index is 719. The van der Waals surface area contributed by atoms with Gasteiger partial charge in [0.25, 0.3) is 5.91 Å². The highest BCUT2D eigenvalue weighted by atomic mass is 16.4. The summed E-state index contributed by atoms with van der Waals surface area (Å²) in [5.41, 5.74) is 1.08. The highest BCUT2D eigenvalue weighted by molar-refractivity contribution is 6.43. The first-order valence-electron chi connectivity index (χ1n) is 11.5. The number of carbonyl (C=O) groups is 2. The van der Waals surface area contributed by atoms with Crippen molar-refractivity contribution in [2.24, 2.45) is 10.9 Å². The van der Waals surface area contributed by atoms with Crippen LogP contribution < -0.4 is 5.32 Å². The van der Waals surface area contributed by atoms with Gasteiger partial charge in [-0.2, -0.15) is 0 Å². The number of nitrogens with one attached hydrogen (secondary N) is 1. The minimum atomic E-state index is -1.66. The molecule has 2 unspecified atom stereocenters. The van der Waals surface area contributed by atoms with Gasteiger partial charge in [0.2, 0.25) is 12.5 Å². The lowest BCUT2D eigenvalue weighted by molar-refractivity contribution is -0.491. The Morgan fingerprint density at radius 3 is 2.75 bits per heavy atom. The molecule has 3 N–H and O–H groups in total. The number of allylic oxidation sites excluding steroid dienone is 3. The molecule has 0 aromatic rings. The third-order valence-corrected chi connectivity index (χ3v) is 5.36. The van der Waals surface area contributed by atoms with E-state index in [1.165, 1.54) is 4.90 Å². The molecule has 2 amide bonds. The Kier molecular flexibility index (Phi) is 12.8. The van der Waals surface area contributed by atoms with Crippen LogP contribution >= 0.6 is 0 Å². The lowest BCUT2D eigenvalue weighted by Gasteiger charge is -2.32. The first-order chi connectivity index (χ1) is 15.1. The molecule has 1 aliphatic rings. The Balaban J connectivity index is 2.97. The maximum atomic E-state index is 13.4. The Morgan fingerprint density at radius 2 is 2.12 bits per heavy atom. The molecule has 9 heteroatoms. The lowest BCUT2D eigenvalue weighted by Crippen LogP contribution is -2.55. The molecule has 0 radical (unpaired) electrons. The maximum absolute atomic E-state index is 13.4.